The number of urea groups is 1. The number of carbonyl (C=O) groups is 2. The van der Waals surface area contributed by atoms with E-state index in [1.54, 1.807) is 31.2 Å². The number of amides is 2. The molecule has 0 radical (unpaired) electrons. The lowest BCUT2D eigenvalue weighted by Crippen LogP contribution is -2.50. The fourth-order valence-corrected chi connectivity index (χ4v) is 3.36. The van der Waals surface area contributed by atoms with Gasteiger partial charge < -0.3 is 15.0 Å². The van der Waals surface area contributed by atoms with Gasteiger partial charge in [-0.2, -0.15) is 0 Å². The van der Waals surface area contributed by atoms with Crippen molar-refractivity contribution in [2.75, 3.05) is 38.1 Å². The van der Waals surface area contributed by atoms with E-state index in [-0.39, 0.29) is 12.0 Å². The number of carbonyl (C=O) groups excluding carboxylic acids is 2. The summed E-state index contributed by atoms with van der Waals surface area (Å²) < 4.78 is 4.97. The molecule has 0 spiro atoms. The molecule has 2 amide bonds. The van der Waals surface area contributed by atoms with E-state index in [0.717, 1.165) is 13.1 Å². The van der Waals surface area contributed by atoms with Gasteiger partial charge in [-0.3, -0.25) is 4.90 Å². The van der Waals surface area contributed by atoms with Crippen LogP contribution in [0, 0.1) is 0 Å². The molecule has 148 valence electrons. The Kier molecular flexibility index (Phi) is 6.66. The maximum atomic E-state index is 12.5. The Morgan fingerprint density at radius 2 is 1.64 bits per heavy atom. The highest BCUT2D eigenvalue weighted by Crippen LogP contribution is 2.21. The molecule has 1 saturated heterocycles. The first-order chi connectivity index (χ1) is 13.6. The molecule has 1 fully saturated rings. The van der Waals surface area contributed by atoms with Crippen molar-refractivity contribution in [1.29, 1.82) is 0 Å². The standard InChI is InChI=1S/C22H27N3O3/c1-3-28-21(26)19-9-11-20(12-10-19)23-22(27)25-15-13-24(14-16-25)17(2)18-7-5-4-6-8-18/h4-12,17H,3,13-16H2,1-2H3,(H,23,27). The molecule has 1 atom stereocenters. The van der Waals surface area contributed by atoms with Crippen molar-refractivity contribution in [3.63, 3.8) is 0 Å². The Labute approximate surface area is 166 Å². The average Bonchev–Trinajstić information content (AvgIpc) is 2.74. The number of rotatable bonds is 5. The lowest BCUT2D eigenvalue weighted by atomic mass is 10.1. The predicted octanol–water partition coefficient (Wildman–Crippen LogP) is 3.77. The largest absolute Gasteiger partial charge is 0.462 e. The SMILES string of the molecule is CCOC(=O)c1ccc(NC(=O)N2CCN(C(C)c3ccccc3)CC2)cc1. The van der Waals surface area contributed by atoms with E-state index in [1.807, 2.05) is 11.0 Å². The van der Waals surface area contributed by atoms with Crippen molar-refractivity contribution in [3.8, 4) is 0 Å². The van der Waals surface area contributed by atoms with Gasteiger partial charge in [0.25, 0.3) is 0 Å². The molecular weight excluding hydrogens is 354 g/mol. The number of nitrogens with zero attached hydrogens (tertiary/aromatic N) is 2. The second kappa shape index (κ2) is 9.37. The van der Waals surface area contributed by atoms with Crippen LogP contribution in [0.25, 0.3) is 0 Å². The van der Waals surface area contributed by atoms with Gasteiger partial charge in [0.05, 0.1) is 12.2 Å². The molecule has 1 heterocycles. The van der Waals surface area contributed by atoms with E-state index in [0.29, 0.717) is 37.0 Å². The van der Waals surface area contributed by atoms with Crippen LogP contribution in [-0.4, -0.2) is 54.6 Å². The number of esters is 1. The summed E-state index contributed by atoms with van der Waals surface area (Å²) in [6, 6.07) is 17.4. The number of hydrogen-bond acceptors (Lipinski definition) is 4. The smallest absolute Gasteiger partial charge is 0.338 e. The zero-order chi connectivity index (χ0) is 19.9. The lowest BCUT2D eigenvalue weighted by molar-refractivity contribution is 0.0526. The molecule has 2 aromatic rings. The van der Waals surface area contributed by atoms with Crippen LogP contribution in [0.15, 0.2) is 54.6 Å². The Morgan fingerprint density at radius 1 is 1.00 bits per heavy atom. The zero-order valence-electron chi connectivity index (χ0n) is 16.4. The van der Waals surface area contributed by atoms with Gasteiger partial charge in [0.2, 0.25) is 0 Å². The minimum absolute atomic E-state index is 0.115. The molecule has 1 aliphatic heterocycles. The third kappa shape index (κ3) is 4.89. The van der Waals surface area contributed by atoms with Crippen molar-refractivity contribution in [3.05, 3.63) is 65.7 Å². The quantitative estimate of drug-likeness (QED) is 0.801. The van der Waals surface area contributed by atoms with Crippen LogP contribution in [0.4, 0.5) is 10.5 Å². The van der Waals surface area contributed by atoms with Gasteiger partial charge in [0.15, 0.2) is 0 Å². The summed E-state index contributed by atoms with van der Waals surface area (Å²) in [6.07, 6.45) is 0. The summed E-state index contributed by atoms with van der Waals surface area (Å²) in [4.78, 5) is 28.5. The normalized spacial score (nSPS) is 15.7. The molecule has 0 aliphatic carbocycles. The molecular formula is C22H27N3O3. The summed E-state index contributed by atoms with van der Waals surface area (Å²) in [5, 5.41) is 2.90. The number of hydrogen-bond donors (Lipinski definition) is 1. The average molecular weight is 381 g/mol. The van der Waals surface area contributed by atoms with Crippen molar-refractivity contribution in [2.24, 2.45) is 0 Å². The molecule has 0 saturated carbocycles. The maximum absolute atomic E-state index is 12.5. The topological polar surface area (TPSA) is 61.9 Å². The van der Waals surface area contributed by atoms with Crippen molar-refractivity contribution in [1.82, 2.24) is 9.80 Å². The van der Waals surface area contributed by atoms with Gasteiger partial charge in [-0.1, -0.05) is 30.3 Å². The molecule has 6 heteroatoms. The fourth-order valence-electron chi connectivity index (χ4n) is 3.36. The van der Waals surface area contributed by atoms with Gasteiger partial charge in [-0.25, -0.2) is 9.59 Å². The summed E-state index contributed by atoms with van der Waals surface area (Å²) in [6.45, 7) is 7.36. The fraction of sp³-hybridized carbons (Fsp3) is 0.364. The number of piperazine rings is 1. The Bertz CT molecular complexity index is 784. The summed E-state index contributed by atoms with van der Waals surface area (Å²) in [5.41, 5.74) is 2.43. The molecule has 1 unspecified atom stereocenters. The molecule has 6 nitrogen and oxygen atoms in total. The van der Waals surface area contributed by atoms with Gasteiger partial charge in [0.1, 0.15) is 0 Å². The van der Waals surface area contributed by atoms with Crippen molar-refractivity contribution in [2.45, 2.75) is 19.9 Å². The molecule has 0 bridgehead atoms. The van der Waals surface area contributed by atoms with Crippen LogP contribution < -0.4 is 5.32 Å². The Morgan fingerprint density at radius 3 is 2.25 bits per heavy atom. The van der Waals surface area contributed by atoms with Crippen LogP contribution in [0.2, 0.25) is 0 Å². The molecule has 2 aromatic carbocycles. The second-order valence-electron chi connectivity index (χ2n) is 6.84. The van der Waals surface area contributed by atoms with Crippen LogP contribution in [0.3, 0.4) is 0 Å². The first kappa shape index (κ1) is 19.9. The monoisotopic (exact) mass is 381 g/mol. The highest BCUT2D eigenvalue weighted by molar-refractivity contribution is 5.92. The molecule has 0 aromatic heterocycles. The summed E-state index contributed by atoms with van der Waals surface area (Å²) in [5.74, 6) is -0.357. The molecule has 3 rings (SSSR count). The first-order valence-electron chi connectivity index (χ1n) is 9.70. The van der Waals surface area contributed by atoms with Crippen LogP contribution in [0.1, 0.15) is 35.8 Å². The van der Waals surface area contributed by atoms with Gasteiger partial charge >= 0.3 is 12.0 Å². The van der Waals surface area contributed by atoms with E-state index in [2.05, 4.69) is 41.4 Å². The number of ether oxygens (including phenoxy) is 1. The van der Waals surface area contributed by atoms with E-state index in [4.69, 9.17) is 4.74 Å². The van der Waals surface area contributed by atoms with E-state index in [1.165, 1.54) is 5.56 Å². The Hall–Kier alpha value is -2.86. The third-order valence-electron chi connectivity index (χ3n) is 5.08. The van der Waals surface area contributed by atoms with Gasteiger partial charge in [-0.15, -0.1) is 0 Å². The highest BCUT2D eigenvalue weighted by Gasteiger charge is 2.24. The van der Waals surface area contributed by atoms with Crippen molar-refractivity contribution < 1.29 is 14.3 Å². The number of benzene rings is 2. The Balaban J connectivity index is 1.50. The maximum Gasteiger partial charge on any atom is 0.338 e. The predicted molar refractivity (Wildman–Crippen MR) is 109 cm³/mol. The minimum atomic E-state index is -0.357. The van der Waals surface area contributed by atoms with Crippen LogP contribution in [-0.2, 0) is 4.74 Å². The summed E-state index contributed by atoms with van der Waals surface area (Å²) >= 11 is 0. The van der Waals surface area contributed by atoms with Crippen LogP contribution >= 0.6 is 0 Å². The lowest BCUT2D eigenvalue weighted by Gasteiger charge is -2.38. The van der Waals surface area contributed by atoms with Crippen molar-refractivity contribution >= 4 is 17.7 Å². The number of anilines is 1. The van der Waals surface area contributed by atoms with E-state index in [9.17, 15) is 9.59 Å². The molecule has 28 heavy (non-hydrogen) atoms. The highest BCUT2D eigenvalue weighted by atomic mass is 16.5. The van der Waals surface area contributed by atoms with Gasteiger partial charge in [0, 0.05) is 37.9 Å². The van der Waals surface area contributed by atoms with Crippen LogP contribution in [0.5, 0.6) is 0 Å². The molecule has 1 aliphatic rings. The van der Waals surface area contributed by atoms with E-state index < -0.39 is 0 Å². The summed E-state index contributed by atoms with van der Waals surface area (Å²) in [7, 11) is 0. The number of nitrogens with one attached hydrogen (secondary N) is 1. The minimum Gasteiger partial charge on any atom is -0.462 e. The molecule has 1 N–H and O–H groups in total. The zero-order valence-corrected chi connectivity index (χ0v) is 16.4. The third-order valence-corrected chi connectivity index (χ3v) is 5.08. The van der Waals surface area contributed by atoms with Gasteiger partial charge in [-0.05, 0) is 43.7 Å². The first-order valence-corrected chi connectivity index (χ1v) is 9.70. The second-order valence-corrected chi connectivity index (χ2v) is 6.84. The van der Waals surface area contributed by atoms with E-state index >= 15 is 0 Å².